The summed E-state index contributed by atoms with van der Waals surface area (Å²) in [5.41, 5.74) is 0.530. The van der Waals surface area contributed by atoms with Gasteiger partial charge < -0.3 is 4.74 Å². The summed E-state index contributed by atoms with van der Waals surface area (Å²) in [6, 6.07) is 5.67. The SMILES string of the molecule is CC(C)C1C2CC2CN1C(C)C.CC(C)C1CCCCN1C(C)C.CC(C)C1COCCN1C(C)C.CC(C)N1CC(F)CC1(C)C(C)C.CC(C)N1CCCC1(C)C(C)C. The molecule has 0 radical (unpaired) electrons. The second-order valence-corrected chi connectivity index (χ2v) is 24.0. The van der Waals surface area contributed by atoms with Crippen LogP contribution in [0.5, 0.6) is 0 Å². The fourth-order valence-electron chi connectivity index (χ4n) is 12.1. The first-order chi connectivity index (χ1) is 28.2. The predicted octanol–water partition coefficient (Wildman–Crippen LogP) is 12.8. The number of nitrogens with zero attached hydrogens (tertiary/aromatic N) is 5. The van der Waals surface area contributed by atoms with Gasteiger partial charge in [0.25, 0.3) is 0 Å². The normalized spacial score (nSPS) is 32.8. The quantitative estimate of drug-likeness (QED) is 0.217. The van der Waals surface area contributed by atoms with E-state index in [-0.39, 0.29) is 5.54 Å². The van der Waals surface area contributed by atoms with Gasteiger partial charge in [-0.3, -0.25) is 24.5 Å². The third-order valence-electron chi connectivity index (χ3n) is 16.4. The Labute approximate surface area is 382 Å². The van der Waals surface area contributed by atoms with Crippen LogP contribution in [0.25, 0.3) is 0 Å². The first-order valence-electron chi connectivity index (χ1n) is 26.2. The Morgan fingerprint density at radius 1 is 0.525 bits per heavy atom. The van der Waals surface area contributed by atoms with Gasteiger partial charge in [-0.1, -0.05) is 75.7 Å². The fraction of sp³-hybridized carbons (Fsp3) is 1.00. The molecule has 0 aromatic heterocycles. The van der Waals surface area contributed by atoms with Crippen LogP contribution in [0.15, 0.2) is 0 Å². The molecule has 1 aliphatic carbocycles. The highest BCUT2D eigenvalue weighted by atomic mass is 19.1. The van der Waals surface area contributed by atoms with Gasteiger partial charge in [-0.05, 0) is 176 Å². The molecule has 0 aromatic rings. The number of piperidine rings is 2. The largest absolute Gasteiger partial charge is 0.378 e. The summed E-state index contributed by atoms with van der Waals surface area (Å²) in [7, 11) is 0. The molecular formula is C54H110FN5O. The van der Waals surface area contributed by atoms with Gasteiger partial charge in [0.2, 0.25) is 0 Å². The minimum atomic E-state index is -0.630. The van der Waals surface area contributed by atoms with E-state index in [0.717, 1.165) is 73.5 Å². The van der Waals surface area contributed by atoms with Gasteiger partial charge in [0.05, 0.1) is 13.2 Å². The topological polar surface area (TPSA) is 25.4 Å². The maximum Gasteiger partial charge on any atom is 0.115 e. The Kier molecular flexibility index (Phi) is 23.8. The average molecular weight is 865 g/mol. The van der Waals surface area contributed by atoms with Crippen molar-refractivity contribution in [1.29, 1.82) is 0 Å². The number of halogens is 1. The van der Waals surface area contributed by atoms with Crippen LogP contribution in [-0.4, -0.2) is 136 Å². The molecule has 8 atom stereocenters. The highest BCUT2D eigenvalue weighted by Crippen LogP contribution is 2.52. The van der Waals surface area contributed by atoms with Crippen molar-refractivity contribution in [2.24, 2.45) is 41.4 Å². The van der Waals surface area contributed by atoms with Gasteiger partial charge >= 0.3 is 0 Å². The Morgan fingerprint density at radius 2 is 1.05 bits per heavy atom. The van der Waals surface area contributed by atoms with Gasteiger partial charge in [-0.2, -0.15) is 0 Å². The van der Waals surface area contributed by atoms with E-state index in [2.05, 4.69) is 177 Å². The summed E-state index contributed by atoms with van der Waals surface area (Å²) in [6.45, 7) is 58.0. The average Bonchev–Trinajstić information content (AvgIpc) is 3.45. The van der Waals surface area contributed by atoms with Gasteiger partial charge in [0.1, 0.15) is 6.17 Å². The molecule has 6 rings (SSSR count). The fourth-order valence-corrected chi connectivity index (χ4v) is 12.1. The monoisotopic (exact) mass is 864 g/mol. The number of morpholine rings is 1. The molecule has 6 aliphatic rings. The molecule has 0 amide bonds. The Balaban J connectivity index is 0.000000263. The highest BCUT2D eigenvalue weighted by molar-refractivity contribution is 5.06. The molecule has 8 unspecified atom stereocenters. The first-order valence-corrected chi connectivity index (χ1v) is 26.2. The molecule has 0 spiro atoms. The summed E-state index contributed by atoms with van der Waals surface area (Å²) < 4.78 is 18.8. The van der Waals surface area contributed by atoms with E-state index in [9.17, 15) is 4.39 Å². The van der Waals surface area contributed by atoms with Gasteiger partial charge in [0, 0.05) is 79.0 Å². The Morgan fingerprint density at radius 3 is 1.43 bits per heavy atom. The number of rotatable bonds is 10. The number of likely N-dealkylation sites (tertiary alicyclic amines) is 4. The number of fused-ring (bicyclic) bond motifs is 1. The third-order valence-corrected chi connectivity index (χ3v) is 16.4. The van der Waals surface area contributed by atoms with E-state index in [1.807, 2.05) is 0 Å². The van der Waals surface area contributed by atoms with Crippen molar-refractivity contribution in [3.8, 4) is 0 Å². The molecule has 0 N–H and O–H groups in total. The van der Waals surface area contributed by atoms with E-state index >= 15 is 0 Å². The molecule has 6 nitrogen and oxygen atoms in total. The van der Waals surface area contributed by atoms with Crippen LogP contribution in [0.1, 0.15) is 197 Å². The third kappa shape index (κ3) is 15.9. The predicted molar refractivity (Wildman–Crippen MR) is 267 cm³/mol. The zero-order valence-electron chi connectivity index (χ0n) is 45.2. The second-order valence-electron chi connectivity index (χ2n) is 24.0. The minimum Gasteiger partial charge on any atom is -0.378 e. The first kappa shape index (κ1) is 56.8. The van der Waals surface area contributed by atoms with Crippen molar-refractivity contribution in [2.75, 3.05) is 45.9 Å². The molecule has 5 saturated heterocycles. The van der Waals surface area contributed by atoms with Crippen molar-refractivity contribution < 1.29 is 9.13 Å². The van der Waals surface area contributed by atoms with Crippen molar-refractivity contribution in [2.45, 2.75) is 263 Å². The van der Waals surface area contributed by atoms with Gasteiger partial charge in [-0.15, -0.1) is 0 Å². The molecule has 364 valence electrons. The minimum absolute atomic E-state index is 0.0631. The summed E-state index contributed by atoms with van der Waals surface area (Å²) >= 11 is 0. The maximum atomic E-state index is 13.3. The number of hydrogen-bond donors (Lipinski definition) is 0. The summed E-state index contributed by atoms with van der Waals surface area (Å²) in [4.78, 5) is 12.9. The smallest absolute Gasteiger partial charge is 0.115 e. The lowest BCUT2D eigenvalue weighted by molar-refractivity contribution is -0.0386. The van der Waals surface area contributed by atoms with Crippen LogP contribution >= 0.6 is 0 Å². The van der Waals surface area contributed by atoms with Crippen molar-refractivity contribution >= 4 is 0 Å². The molecule has 7 heteroatoms. The Hall–Kier alpha value is -0.310. The lowest BCUT2D eigenvalue weighted by Gasteiger charge is -2.41. The van der Waals surface area contributed by atoms with Gasteiger partial charge in [-0.25, -0.2) is 4.39 Å². The molecule has 6 fully saturated rings. The van der Waals surface area contributed by atoms with Crippen molar-refractivity contribution in [3.05, 3.63) is 0 Å². The highest BCUT2D eigenvalue weighted by Gasteiger charge is 2.53. The zero-order chi connectivity index (χ0) is 46.7. The van der Waals surface area contributed by atoms with E-state index in [4.69, 9.17) is 4.74 Å². The molecule has 1 saturated carbocycles. The standard InChI is InChI=1S/C11H22FN.C11H21N.2C11H23N.C10H21NO/c1-8(2)11(5)6-10(12)7-13(11)9(3)4;1-7(2)11-10-5-9(10)6-12(11)8(3)4;1-9(2)11(5)7-6-8-12(11)10(3)4;1-9(2)11-7-5-6-8-12(11)10(3)4;1-8(2)10-7-12-6-5-11(10)9(3)4/h8-10H,6-7H2,1-5H3;7-11H,5-6H2,1-4H3;9-10H,6-8H2,1-5H3;9-11H,5-8H2,1-4H3;8-10H,5-7H2,1-4H3. The van der Waals surface area contributed by atoms with E-state index in [1.165, 1.54) is 58.2 Å². The van der Waals surface area contributed by atoms with Crippen molar-refractivity contribution in [3.63, 3.8) is 0 Å². The van der Waals surface area contributed by atoms with Gasteiger partial charge in [0.15, 0.2) is 0 Å². The van der Waals surface area contributed by atoms with Crippen LogP contribution in [0.2, 0.25) is 0 Å². The van der Waals surface area contributed by atoms with Crippen LogP contribution in [0.3, 0.4) is 0 Å². The van der Waals surface area contributed by atoms with E-state index in [1.54, 1.807) is 0 Å². The zero-order valence-corrected chi connectivity index (χ0v) is 45.2. The van der Waals surface area contributed by atoms with E-state index in [0.29, 0.717) is 54.5 Å². The molecule has 5 aliphatic heterocycles. The van der Waals surface area contributed by atoms with Crippen LogP contribution in [0, 0.1) is 41.4 Å². The summed E-state index contributed by atoms with van der Waals surface area (Å²) in [5, 5.41) is 0. The summed E-state index contributed by atoms with van der Waals surface area (Å²) in [6.07, 6.45) is 8.60. The van der Waals surface area contributed by atoms with E-state index < -0.39 is 6.17 Å². The van der Waals surface area contributed by atoms with Crippen LogP contribution < -0.4 is 0 Å². The van der Waals surface area contributed by atoms with Crippen molar-refractivity contribution in [1.82, 2.24) is 24.5 Å². The molecule has 0 aromatic carbocycles. The van der Waals surface area contributed by atoms with Crippen LogP contribution in [0.4, 0.5) is 4.39 Å². The molecule has 5 heterocycles. The number of alkyl halides is 1. The number of ether oxygens (including phenoxy) is 1. The Bertz CT molecular complexity index is 1110. The molecule has 0 bridgehead atoms. The molecule has 61 heavy (non-hydrogen) atoms. The van der Waals surface area contributed by atoms with Crippen LogP contribution in [-0.2, 0) is 4.74 Å². The number of hydrogen-bond acceptors (Lipinski definition) is 6. The molecular weight excluding hydrogens is 754 g/mol. The lowest BCUT2D eigenvalue weighted by Crippen LogP contribution is -2.51. The second kappa shape index (κ2) is 25.6. The summed E-state index contributed by atoms with van der Waals surface area (Å²) in [5.74, 6) is 5.82. The lowest BCUT2D eigenvalue weighted by atomic mass is 9.85. The maximum absolute atomic E-state index is 13.3.